The van der Waals surface area contributed by atoms with Gasteiger partial charge in [0.05, 0.1) is 7.11 Å². The SMILES string of the molecule is COCCCCNC(=O)c1ccc(OC)c(O)c1. The number of phenols is 1. The zero-order valence-electron chi connectivity index (χ0n) is 10.7. The maximum atomic E-state index is 11.7. The van der Waals surface area contributed by atoms with Crippen LogP contribution in [0.4, 0.5) is 0 Å². The Morgan fingerprint density at radius 1 is 1.33 bits per heavy atom. The molecule has 1 aromatic rings. The summed E-state index contributed by atoms with van der Waals surface area (Å²) in [6.07, 6.45) is 1.77. The van der Waals surface area contributed by atoms with Crippen LogP contribution in [0.1, 0.15) is 23.2 Å². The van der Waals surface area contributed by atoms with Crippen LogP contribution in [-0.2, 0) is 4.74 Å². The Hall–Kier alpha value is -1.75. The van der Waals surface area contributed by atoms with Crippen molar-refractivity contribution in [1.29, 1.82) is 0 Å². The zero-order chi connectivity index (χ0) is 13.4. The minimum Gasteiger partial charge on any atom is -0.504 e. The number of carbonyl (C=O) groups excluding carboxylic acids is 1. The summed E-state index contributed by atoms with van der Waals surface area (Å²) < 4.78 is 9.82. The smallest absolute Gasteiger partial charge is 0.251 e. The Labute approximate surface area is 107 Å². The van der Waals surface area contributed by atoms with Crippen molar-refractivity contribution in [3.63, 3.8) is 0 Å². The van der Waals surface area contributed by atoms with Crippen LogP contribution < -0.4 is 10.1 Å². The van der Waals surface area contributed by atoms with Crippen LogP contribution in [0.5, 0.6) is 11.5 Å². The van der Waals surface area contributed by atoms with Crippen molar-refractivity contribution in [2.24, 2.45) is 0 Å². The predicted molar refractivity (Wildman–Crippen MR) is 68.1 cm³/mol. The van der Waals surface area contributed by atoms with Crippen LogP contribution in [-0.4, -0.2) is 38.4 Å². The van der Waals surface area contributed by atoms with Crippen molar-refractivity contribution in [3.8, 4) is 11.5 Å². The normalized spacial score (nSPS) is 10.1. The third-order valence-electron chi connectivity index (χ3n) is 2.50. The average molecular weight is 253 g/mol. The molecule has 0 saturated carbocycles. The van der Waals surface area contributed by atoms with Gasteiger partial charge in [-0.2, -0.15) is 0 Å². The molecule has 0 atom stereocenters. The number of hydrogen-bond donors (Lipinski definition) is 2. The van der Waals surface area contributed by atoms with E-state index in [1.807, 2.05) is 0 Å². The second-order valence-corrected chi connectivity index (χ2v) is 3.84. The largest absolute Gasteiger partial charge is 0.504 e. The topological polar surface area (TPSA) is 67.8 Å². The fraction of sp³-hybridized carbons (Fsp3) is 0.462. The average Bonchev–Trinajstić information content (AvgIpc) is 2.38. The van der Waals surface area contributed by atoms with E-state index in [9.17, 15) is 9.90 Å². The Kier molecular flexibility index (Phi) is 6.00. The van der Waals surface area contributed by atoms with Crippen molar-refractivity contribution in [3.05, 3.63) is 23.8 Å². The first kappa shape index (κ1) is 14.3. The lowest BCUT2D eigenvalue weighted by Gasteiger charge is -2.07. The van der Waals surface area contributed by atoms with Crippen LogP contribution >= 0.6 is 0 Å². The Bertz CT molecular complexity index is 393. The molecular weight excluding hydrogens is 234 g/mol. The minimum atomic E-state index is -0.203. The number of carbonyl (C=O) groups is 1. The monoisotopic (exact) mass is 253 g/mol. The summed E-state index contributed by atoms with van der Waals surface area (Å²) in [6.45, 7) is 1.29. The van der Waals surface area contributed by atoms with Gasteiger partial charge in [0, 0.05) is 25.8 Å². The maximum Gasteiger partial charge on any atom is 0.251 e. The lowest BCUT2D eigenvalue weighted by Crippen LogP contribution is -2.24. The van der Waals surface area contributed by atoms with E-state index in [0.717, 1.165) is 12.8 Å². The van der Waals surface area contributed by atoms with Crippen LogP contribution in [0, 0.1) is 0 Å². The molecule has 0 bridgehead atoms. The standard InChI is InChI=1S/C13H19NO4/c1-17-8-4-3-7-14-13(16)10-5-6-12(18-2)11(15)9-10/h5-6,9,15H,3-4,7-8H2,1-2H3,(H,14,16). The number of methoxy groups -OCH3 is 2. The highest BCUT2D eigenvalue weighted by Crippen LogP contribution is 2.25. The first-order chi connectivity index (χ1) is 8.69. The summed E-state index contributed by atoms with van der Waals surface area (Å²) in [7, 11) is 3.11. The van der Waals surface area contributed by atoms with Gasteiger partial charge in [-0.1, -0.05) is 0 Å². The molecule has 1 aromatic carbocycles. The summed E-state index contributed by atoms with van der Waals surface area (Å²) in [6, 6.07) is 4.57. The van der Waals surface area contributed by atoms with E-state index in [-0.39, 0.29) is 11.7 Å². The quantitative estimate of drug-likeness (QED) is 0.724. The van der Waals surface area contributed by atoms with Gasteiger partial charge in [0.1, 0.15) is 0 Å². The van der Waals surface area contributed by atoms with Gasteiger partial charge < -0.3 is 19.9 Å². The summed E-state index contributed by atoms with van der Waals surface area (Å²) in [5, 5.41) is 12.3. The number of hydrogen-bond acceptors (Lipinski definition) is 4. The van der Waals surface area contributed by atoms with E-state index in [4.69, 9.17) is 9.47 Å². The van der Waals surface area contributed by atoms with E-state index in [1.165, 1.54) is 13.2 Å². The lowest BCUT2D eigenvalue weighted by atomic mass is 10.2. The van der Waals surface area contributed by atoms with Gasteiger partial charge >= 0.3 is 0 Å². The van der Waals surface area contributed by atoms with Crippen LogP contribution in [0.15, 0.2) is 18.2 Å². The highest BCUT2D eigenvalue weighted by molar-refractivity contribution is 5.94. The molecule has 0 fully saturated rings. The molecule has 0 heterocycles. The first-order valence-electron chi connectivity index (χ1n) is 5.83. The first-order valence-corrected chi connectivity index (χ1v) is 5.83. The Balaban J connectivity index is 2.44. The fourth-order valence-electron chi connectivity index (χ4n) is 1.51. The number of rotatable bonds is 7. The van der Waals surface area contributed by atoms with Gasteiger partial charge in [-0.05, 0) is 31.0 Å². The Morgan fingerprint density at radius 3 is 2.72 bits per heavy atom. The molecule has 1 amide bonds. The molecule has 0 radical (unpaired) electrons. The molecule has 0 saturated heterocycles. The van der Waals surface area contributed by atoms with Gasteiger partial charge in [0.2, 0.25) is 0 Å². The molecule has 5 heteroatoms. The number of nitrogens with one attached hydrogen (secondary N) is 1. The number of phenolic OH excluding ortho intramolecular Hbond substituents is 1. The summed E-state index contributed by atoms with van der Waals surface area (Å²) in [5.41, 5.74) is 0.417. The third kappa shape index (κ3) is 4.25. The number of ether oxygens (including phenoxy) is 2. The number of amides is 1. The van der Waals surface area contributed by atoms with E-state index in [2.05, 4.69) is 5.32 Å². The van der Waals surface area contributed by atoms with Gasteiger partial charge in [0.25, 0.3) is 5.91 Å². The molecule has 0 aromatic heterocycles. The molecule has 0 aliphatic heterocycles. The maximum absolute atomic E-state index is 11.7. The molecule has 0 unspecified atom stereocenters. The lowest BCUT2D eigenvalue weighted by molar-refractivity contribution is 0.0951. The van der Waals surface area contributed by atoms with Gasteiger partial charge in [-0.15, -0.1) is 0 Å². The predicted octanol–water partition coefficient (Wildman–Crippen LogP) is 1.56. The second kappa shape index (κ2) is 7.55. The van der Waals surface area contributed by atoms with Crippen molar-refractivity contribution in [1.82, 2.24) is 5.32 Å². The number of aromatic hydroxyl groups is 1. The van der Waals surface area contributed by atoms with Crippen molar-refractivity contribution >= 4 is 5.91 Å². The van der Waals surface area contributed by atoms with Crippen LogP contribution in [0.3, 0.4) is 0 Å². The highest BCUT2D eigenvalue weighted by atomic mass is 16.5. The van der Waals surface area contributed by atoms with Gasteiger partial charge in [-0.25, -0.2) is 0 Å². The summed E-state index contributed by atoms with van der Waals surface area (Å²) in [5.74, 6) is 0.113. The zero-order valence-corrected chi connectivity index (χ0v) is 10.7. The van der Waals surface area contributed by atoms with E-state index < -0.39 is 0 Å². The molecular formula is C13H19NO4. The highest BCUT2D eigenvalue weighted by Gasteiger charge is 2.08. The summed E-state index contributed by atoms with van der Waals surface area (Å²) >= 11 is 0. The van der Waals surface area contributed by atoms with Crippen LogP contribution in [0.25, 0.3) is 0 Å². The molecule has 5 nitrogen and oxygen atoms in total. The van der Waals surface area contributed by atoms with E-state index in [0.29, 0.717) is 24.5 Å². The van der Waals surface area contributed by atoms with Crippen molar-refractivity contribution < 1.29 is 19.4 Å². The molecule has 100 valence electrons. The van der Waals surface area contributed by atoms with Gasteiger partial charge in [0.15, 0.2) is 11.5 Å². The molecule has 0 aliphatic rings. The van der Waals surface area contributed by atoms with E-state index >= 15 is 0 Å². The number of unbranched alkanes of at least 4 members (excludes halogenated alkanes) is 1. The van der Waals surface area contributed by atoms with E-state index in [1.54, 1.807) is 19.2 Å². The Morgan fingerprint density at radius 2 is 2.11 bits per heavy atom. The molecule has 0 spiro atoms. The van der Waals surface area contributed by atoms with Crippen molar-refractivity contribution in [2.75, 3.05) is 27.4 Å². The third-order valence-corrected chi connectivity index (χ3v) is 2.50. The van der Waals surface area contributed by atoms with Crippen molar-refractivity contribution in [2.45, 2.75) is 12.8 Å². The molecule has 1 rings (SSSR count). The number of benzene rings is 1. The van der Waals surface area contributed by atoms with Crippen LogP contribution in [0.2, 0.25) is 0 Å². The van der Waals surface area contributed by atoms with Gasteiger partial charge in [-0.3, -0.25) is 4.79 Å². The minimum absolute atomic E-state index is 0.0375. The molecule has 18 heavy (non-hydrogen) atoms. The molecule has 0 aliphatic carbocycles. The molecule has 2 N–H and O–H groups in total. The second-order valence-electron chi connectivity index (χ2n) is 3.84. The fourth-order valence-corrected chi connectivity index (χ4v) is 1.51. The summed E-state index contributed by atoms with van der Waals surface area (Å²) in [4.78, 5) is 11.7.